The van der Waals surface area contributed by atoms with E-state index in [1.807, 2.05) is 19.9 Å². The summed E-state index contributed by atoms with van der Waals surface area (Å²) in [6.45, 7) is 10.9. The number of benzene rings is 1. The van der Waals surface area contributed by atoms with Crippen molar-refractivity contribution in [1.82, 2.24) is 34.4 Å². The van der Waals surface area contributed by atoms with Gasteiger partial charge in [-0.2, -0.15) is 4.98 Å². The van der Waals surface area contributed by atoms with Crippen LogP contribution in [0.15, 0.2) is 58.8 Å². The van der Waals surface area contributed by atoms with Crippen LogP contribution < -0.4 is 26.7 Å². The van der Waals surface area contributed by atoms with Crippen molar-refractivity contribution >= 4 is 28.4 Å². The molecule has 0 unspecified atom stereocenters. The first-order chi connectivity index (χ1) is 17.9. The summed E-state index contributed by atoms with van der Waals surface area (Å²) >= 11 is 0. The number of fused-ring (bicyclic) bond motifs is 1. The van der Waals surface area contributed by atoms with Crippen molar-refractivity contribution in [2.45, 2.75) is 26.4 Å². The molecule has 0 saturated carbocycles. The van der Waals surface area contributed by atoms with Gasteiger partial charge >= 0.3 is 0 Å². The quantitative estimate of drug-likeness (QED) is 0.368. The standard InChI is InChI=1S/C25H28FN9O2/c1-4-9-33-24(37)20-15-28-25(29-18-12-17(26)13-19(14-18)32-10-7-27-8-11-32)30-23(20)35(33)21-5-6-22(36)34(31-21)16(2)3/h4-6,12-16,27H,1,7-11H2,2-3H3,(H,28,29,30). The van der Waals surface area contributed by atoms with E-state index in [0.29, 0.717) is 17.2 Å². The molecule has 0 bridgehead atoms. The van der Waals surface area contributed by atoms with Crippen LogP contribution in [0.4, 0.5) is 21.7 Å². The van der Waals surface area contributed by atoms with Crippen LogP contribution in [-0.2, 0) is 6.54 Å². The minimum Gasteiger partial charge on any atom is -0.369 e. The average molecular weight is 506 g/mol. The third-order valence-electron chi connectivity index (χ3n) is 6.12. The molecule has 1 aliphatic rings. The maximum absolute atomic E-state index is 14.5. The highest BCUT2D eigenvalue weighted by molar-refractivity contribution is 5.77. The zero-order valence-corrected chi connectivity index (χ0v) is 20.7. The molecule has 2 N–H and O–H groups in total. The molecule has 4 aromatic rings. The van der Waals surface area contributed by atoms with Crippen molar-refractivity contribution in [3.63, 3.8) is 0 Å². The molecule has 1 saturated heterocycles. The number of halogens is 1. The summed E-state index contributed by atoms with van der Waals surface area (Å²) in [5, 5.41) is 11.1. The Morgan fingerprint density at radius 3 is 2.70 bits per heavy atom. The van der Waals surface area contributed by atoms with E-state index in [0.717, 1.165) is 31.9 Å². The summed E-state index contributed by atoms with van der Waals surface area (Å²) in [6.07, 6.45) is 3.02. The molecular weight excluding hydrogens is 477 g/mol. The highest BCUT2D eigenvalue weighted by Gasteiger charge is 2.19. The maximum Gasteiger partial charge on any atom is 0.278 e. The van der Waals surface area contributed by atoms with Crippen LogP contribution in [0.25, 0.3) is 16.9 Å². The molecular formula is C25H28FN9O2. The second kappa shape index (κ2) is 9.97. The topological polar surface area (TPSA) is 115 Å². The molecule has 192 valence electrons. The number of allylic oxidation sites excluding steroid dienone is 1. The second-order valence-electron chi connectivity index (χ2n) is 9.05. The normalized spacial score (nSPS) is 13.9. The monoisotopic (exact) mass is 505 g/mol. The van der Waals surface area contributed by atoms with E-state index in [4.69, 9.17) is 0 Å². The first-order valence-corrected chi connectivity index (χ1v) is 12.1. The summed E-state index contributed by atoms with van der Waals surface area (Å²) in [7, 11) is 0. The van der Waals surface area contributed by atoms with Gasteiger partial charge in [-0.15, -0.1) is 11.7 Å². The predicted octanol–water partition coefficient (Wildman–Crippen LogP) is 2.20. The fraction of sp³-hybridized carbons (Fsp3) is 0.320. The van der Waals surface area contributed by atoms with Crippen LogP contribution in [0.5, 0.6) is 0 Å². The first kappa shape index (κ1) is 24.4. The van der Waals surface area contributed by atoms with Crippen molar-refractivity contribution < 1.29 is 4.39 Å². The Labute approximate surface area is 211 Å². The van der Waals surface area contributed by atoms with Gasteiger partial charge in [0.05, 0.1) is 12.6 Å². The van der Waals surface area contributed by atoms with Gasteiger partial charge in [-0.05, 0) is 38.1 Å². The van der Waals surface area contributed by atoms with E-state index in [9.17, 15) is 14.0 Å². The third-order valence-corrected chi connectivity index (χ3v) is 6.12. The average Bonchev–Trinajstić information content (AvgIpc) is 3.15. The summed E-state index contributed by atoms with van der Waals surface area (Å²) in [6, 6.07) is 7.48. The zero-order chi connectivity index (χ0) is 26.1. The summed E-state index contributed by atoms with van der Waals surface area (Å²) in [4.78, 5) is 36.5. The number of hydrogen-bond acceptors (Lipinski definition) is 8. The Hall–Kier alpha value is -4.32. The van der Waals surface area contributed by atoms with Crippen molar-refractivity contribution in [3.05, 3.63) is 75.7 Å². The van der Waals surface area contributed by atoms with Gasteiger partial charge in [-0.25, -0.2) is 23.4 Å². The molecule has 3 aromatic heterocycles. The largest absolute Gasteiger partial charge is 0.369 e. The smallest absolute Gasteiger partial charge is 0.278 e. The molecule has 0 atom stereocenters. The number of nitrogens with one attached hydrogen (secondary N) is 2. The van der Waals surface area contributed by atoms with Crippen molar-refractivity contribution in [3.8, 4) is 5.82 Å². The SMILES string of the molecule is C=CCn1c(=O)c2cnc(Nc3cc(F)cc(N4CCNCC4)c3)nc2n1-c1ccc(=O)n(C(C)C)n1. The van der Waals surface area contributed by atoms with Gasteiger partial charge in [0.25, 0.3) is 11.1 Å². The van der Waals surface area contributed by atoms with Gasteiger partial charge in [0, 0.05) is 49.8 Å². The van der Waals surface area contributed by atoms with Crippen molar-refractivity contribution in [2.24, 2.45) is 0 Å². The number of piperazine rings is 1. The van der Waals surface area contributed by atoms with Crippen LogP contribution in [0, 0.1) is 5.82 Å². The molecule has 11 nitrogen and oxygen atoms in total. The van der Waals surface area contributed by atoms with Gasteiger partial charge in [-0.3, -0.25) is 9.59 Å². The van der Waals surface area contributed by atoms with Crippen LogP contribution in [0.3, 0.4) is 0 Å². The highest BCUT2D eigenvalue weighted by Crippen LogP contribution is 2.25. The molecule has 5 rings (SSSR count). The summed E-state index contributed by atoms with van der Waals surface area (Å²) < 4.78 is 18.8. The van der Waals surface area contributed by atoms with Crippen LogP contribution in [0.2, 0.25) is 0 Å². The minimum absolute atomic E-state index is 0.182. The molecule has 1 aromatic carbocycles. The number of rotatable bonds is 7. The number of anilines is 3. The molecule has 1 aliphatic heterocycles. The maximum atomic E-state index is 14.5. The lowest BCUT2D eigenvalue weighted by atomic mass is 10.2. The number of nitrogens with zero attached hydrogens (tertiary/aromatic N) is 7. The first-order valence-electron chi connectivity index (χ1n) is 12.1. The van der Waals surface area contributed by atoms with Crippen LogP contribution in [-0.4, -0.2) is 55.3 Å². The Morgan fingerprint density at radius 2 is 1.97 bits per heavy atom. The lowest BCUT2D eigenvalue weighted by Crippen LogP contribution is -2.43. The molecule has 4 heterocycles. The Bertz CT molecular complexity index is 1580. The van der Waals surface area contributed by atoms with E-state index in [1.165, 1.54) is 33.8 Å². The van der Waals surface area contributed by atoms with Gasteiger partial charge in [-0.1, -0.05) is 6.08 Å². The molecule has 1 fully saturated rings. The molecule has 12 heteroatoms. The lowest BCUT2D eigenvalue weighted by Gasteiger charge is -2.29. The fourth-order valence-electron chi connectivity index (χ4n) is 4.39. The Balaban J connectivity index is 1.60. The number of hydrogen-bond donors (Lipinski definition) is 2. The van der Waals surface area contributed by atoms with Gasteiger partial charge in [0.15, 0.2) is 11.5 Å². The summed E-state index contributed by atoms with van der Waals surface area (Å²) in [5.41, 5.74) is 0.969. The van der Waals surface area contributed by atoms with Gasteiger partial charge in [0.2, 0.25) is 5.95 Å². The van der Waals surface area contributed by atoms with Gasteiger partial charge in [0.1, 0.15) is 11.2 Å². The van der Waals surface area contributed by atoms with E-state index in [1.54, 1.807) is 16.8 Å². The van der Waals surface area contributed by atoms with E-state index in [-0.39, 0.29) is 40.9 Å². The summed E-state index contributed by atoms with van der Waals surface area (Å²) in [5.74, 6) is 0.151. The molecule has 37 heavy (non-hydrogen) atoms. The lowest BCUT2D eigenvalue weighted by molar-refractivity contribution is 0.486. The molecule has 0 spiro atoms. The Kier molecular flexibility index (Phi) is 6.57. The molecule has 0 radical (unpaired) electrons. The van der Waals surface area contributed by atoms with Crippen molar-refractivity contribution in [2.75, 3.05) is 36.4 Å². The molecule has 0 aliphatic carbocycles. The van der Waals surface area contributed by atoms with E-state index < -0.39 is 0 Å². The predicted molar refractivity (Wildman–Crippen MR) is 141 cm³/mol. The van der Waals surface area contributed by atoms with E-state index >= 15 is 0 Å². The Morgan fingerprint density at radius 1 is 1.19 bits per heavy atom. The highest BCUT2D eigenvalue weighted by atomic mass is 19.1. The second-order valence-corrected chi connectivity index (χ2v) is 9.05. The van der Waals surface area contributed by atoms with Crippen molar-refractivity contribution in [1.29, 1.82) is 0 Å². The fourth-order valence-corrected chi connectivity index (χ4v) is 4.39. The van der Waals surface area contributed by atoms with Crippen LogP contribution in [0.1, 0.15) is 19.9 Å². The number of aromatic nitrogens is 6. The van der Waals surface area contributed by atoms with E-state index in [2.05, 4.69) is 37.2 Å². The third kappa shape index (κ3) is 4.75. The van der Waals surface area contributed by atoms with Gasteiger partial charge < -0.3 is 15.5 Å². The zero-order valence-electron chi connectivity index (χ0n) is 20.7. The molecule has 0 amide bonds. The van der Waals surface area contributed by atoms with Crippen LogP contribution >= 0.6 is 0 Å². The minimum atomic E-state index is -0.381.